The maximum Gasteiger partial charge on any atom is 0.147 e. The summed E-state index contributed by atoms with van der Waals surface area (Å²) in [6, 6.07) is 0.799. The number of piperidine rings is 1. The second-order valence-electron chi connectivity index (χ2n) is 4.59. The molecule has 2 aliphatic rings. The number of hydrogen-bond acceptors (Lipinski definition) is 3. The van der Waals surface area contributed by atoms with E-state index in [0.717, 1.165) is 24.2 Å². The minimum absolute atomic E-state index is 0.474. The molecule has 2 fully saturated rings. The largest absolute Gasteiger partial charge is 0.294 e. The van der Waals surface area contributed by atoms with Crippen molar-refractivity contribution in [2.45, 2.75) is 31.8 Å². The fraction of sp³-hybridized carbons (Fsp3) is 0.636. The van der Waals surface area contributed by atoms with Crippen molar-refractivity contribution in [3.8, 4) is 0 Å². The van der Waals surface area contributed by atoms with Gasteiger partial charge in [0.1, 0.15) is 5.15 Å². The lowest BCUT2D eigenvalue weighted by Crippen LogP contribution is -2.31. The van der Waals surface area contributed by atoms with Crippen LogP contribution in [-0.4, -0.2) is 27.5 Å². The third-order valence-electron chi connectivity index (χ3n) is 3.56. The first-order chi connectivity index (χ1) is 7.31. The molecule has 2 bridgehead atoms. The maximum absolute atomic E-state index is 5.70. The molecule has 3 nitrogen and oxygen atoms in total. The fourth-order valence-corrected chi connectivity index (χ4v) is 2.95. The van der Waals surface area contributed by atoms with Crippen LogP contribution in [0.2, 0.25) is 5.15 Å². The van der Waals surface area contributed by atoms with Gasteiger partial charge in [-0.15, -0.1) is 0 Å². The van der Waals surface area contributed by atoms with Crippen molar-refractivity contribution in [1.82, 2.24) is 14.9 Å². The highest BCUT2D eigenvalue weighted by atomic mass is 35.5. The Bertz CT molecular complexity index is 351. The highest BCUT2D eigenvalue weighted by Crippen LogP contribution is 2.37. The summed E-state index contributed by atoms with van der Waals surface area (Å²) in [6.07, 6.45) is 7.60. The zero-order valence-electron chi connectivity index (χ0n) is 8.56. The number of hydrogen-bond donors (Lipinski definition) is 0. The van der Waals surface area contributed by atoms with Gasteiger partial charge in [0.15, 0.2) is 0 Å². The van der Waals surface area contributed by atoms with Crippen LogP contribution >= 0.6 is 11.6 Å². The van der Waals surface area contributed by atoms with Crippen LogP contribution in [-0.2, 0) is 6.54 Å². The molecule has 15 heavy (non-hydrogen) atoms. The molecule has 2 heterocycles. The number of likely N-dealkylation sites (tertiary alicyclic amines) is 1. The standard InChI is InChI=1S/C11H14ClN3/c12-11-5-13-9(4-14-11)7-15-6-8-1-2-10(15)3-8/h4-5,8,10H,1-3,6-7H2. The molecule has 1 saturated heterocycles. The second-order valence-corrected chi connectivity index (χ2v) is 4.98. The zero-order valence-corrected chi connectivity index (χ0v) is 9.32. The summed E-state index contributed by atoms with van der Waals surface area (Å²) < 4.78 is 0. The van der Waals surface area contributed by atoms with Crippen LogP contribution in [0.4, 0.5) is 0 Å². The molecule has 4 heteroatoms. The Hall–Kier alpha value is -0.670. The molecule has 1 aliphatic carbocycles. The van der Waals surface area contributed by atoms with Crippen molar-refractivity contribution < 1.29 is 0 Å². The Kier molecular flexibility index (Phi) is 2.37. The molecule has 0 radical (unpaired) electrons. The smallest absolute Gasteiger partial charge is 0.147 e. The van der Waals surface area contributed by atoms with E-state index >= 15 is 0 Å². The summed E-state index contributed by atoms with van der Waals surface area (Å²) in [5.41, 5.74) is 1.03. The van der Waals surface area contributed by atoms with Gasteiger partial charge in [0.25, 0.3) is 0 Å². The molecule has 0 spiro atoms. The third-order valence-corrected chi connectivity index (χ3v) is 3.76. The van der Waals surface area contributed by atoms with Crippen LogP contribution in [0.1, 0.15) is 25.0 Å². The normalized spacial score (nSPS) is 29.9. The van der Waals surface area contributed by atoms with Gasteiger partial charge in [0, 0.05) is 19.1 Å². The van der Waals surface area contributed by atoms with Crippen LogP contribution in [0.15, 0.2) is 12.4 Å². The van der Waals surface area contributed by atoms with Gasteiger partial charge in [-0.1, -0.05) is 11.6 Å². The van der Waals surface area contributed by atoms with Gasteiger partial charge < -0.3 is 0 Å². The lowest BCUT2D eigenvalue weighted by atomic mass is 10.1. The van der Waals surface area contributed by atoms with E-state index in [2.05, 4.69) is 14.9 Å². The number of fused-ring (bicyclic) bond motifs is 2. The van der Waals surface area contributed by atoms with E-state index in [1.807, 2.05) is 0 Å². The van der Waals surface area contributed by atoms with Crippen LogP contribution in [0.5, 0.6) is 0 Å². The number of rotatable bonds is 2. The molecule has 80 valence electrons. The molecular weight excluding hydrogens is 210 g/mol. The average Bonchev–Trinajstić information content (AvgIpc) is 2.83. The van der Waals surface area contributed by atoms with Crippen molar-refractivity contribution in [3.63, 3.8) is 0 Å². The van der Waals surface area contributed by atoms with Crippen LogP contribution in [0.25, 0.3) is 0 Å². The summed E-state index contributed by atoms with van der Waals surface area (Å²) in [7, 11) is 0. The molecule has 1 saturated carbocycles. The first-order valence-corrected chi connectivity index (χ1v) is 5.89. The molecule has 0 aromatic carbocycles. The van der Waals surface area contributed by atoms with E-state index in [9.17, 15) is 0 Å². The van der Waals surface area contributed by atoms with Gasteiger partial charge in [-0.05, 0) is 25.2 Å². The van der Waals surface area contributed by atoms with Gasteiger partial charge in [-0.2, -0.15) is 0 Å². The number of halogens is 1. The van der Waals surface area contributed by atoms with Crippen LogP contribution in [0.3, 0.4) is 0 Å². The Labute approximate surface area is 94.5 Å². The molecule has 2 atom stereocenters. The van der Waals surface area contributed by atoms with Gasteiger partial charge in [-0.25, -0.2) is 4.98 Å². The van der Waals surface area contributed by atoms with E-state index in [1.54, 1.807) is 12.4 Å². The Balaban J connectivity index is 1.68. The van der Waals surface area contributed by atoms with E-state index in [4.69, 9.17) is 11.6 Å². The molecule has 1 aromatic heterocycles. The van der Waals surface area contributed by atoms with Crippen molar-refractivity contribution >= 4 is 11.6 Å². The summed E-state index contributed by atoms with van der Waals surface area (Å²) in [6.45, 7) is 2.18. The second kappa shape index (κ2) is 3.72. The number of nitrogens with zero attached hydrogens (tertiary/aromatic N) is 3. The molecule has 1 aliphatic heterocycles. The summed E-state index contributed by atoms with van der Waals surface area (Å²) >= 11 is 5.70. The van der Waals surface area contributed by atoms with Crippen molar-refractivity contribution in [1.29, 1.82) is 0 Å². The highest BCUT2D eigenvalue weighted by Gasteiger charge is 2.37. The molecule has 2 unspecified atom stereocenters. The van der Waals surface area contributed by atoms with Gasteiger partial charge >= 0.3 is 0 Å². The fourth-order valence-electron chi connectivity index (χ4n) is 2.85. The Morgan fingerprint density at radius 2 is 2.27 bits per heavy atom. The van der Waals surface area contributed by atoms with Crippen molar-refractivity contribution in [2.75, 3.05) is 6.54 Å². The van der Waals surface area contributed by atoms with Crippen LogP contribution in [0, 0.1) is 5.92 Å². The lowest BCUT2D eigenvalue weighted by molar-refractivity contribution is 0.203. The predicted octanol–water partition coefficient (Wildman–Crippen LogP) is 2.11. The van der Waals surface area contributed by atoms with E-state index < -0.39 is 0 Å². The SMILES string of the molecule is Clc1cnc(CN2CC3CCC2C3)cn1. The first-order valence-electron chi connectivity index (χ1n) is 5.52. The van der Waals surface area contributed by atoms with E-state index in [0.29, 0.717) is 5.15 Å². The summed E-state index contributed by atoms with van der Waals surface area (Å²) in [4.78, 5) is 10.9. The quantitative estimate of drug-likeness (QED) is 0.769. The third kappa shape index (κ3) is 1.86. The van der Waals surface area contributed by atoms with Crippen LogP contribution < -0.4 is 0 Å². The molecule has 0 amide bonds. The Morgan fingerprint density at radius 1 is 1.33 bits per heavy atom. The van der Waals surface area contributed by atoms with Gasteiger partial charge in [-0.3, -0.25) is 9.88 Å². The molecular formula is C11H14ClN3. The minimum atomic E-state index is 0.474. The summed E-state index contributed by atoms with van der Waals surface area (Å²) in [5.74, 6) is 0.940. The van der Waals surface area contributed by atoms with Crippen molar-refractivity contribution in [2.24, 2.45) is 5.92 Å². The van der Waals surface area contributed by atoms with Crippen molar-refractivity contribution in [3.05, 3.63) is 23.2 Å². The van der Waals surface area contributed by atoms with Gasteiger partial charge in [0.05, 0.1) is 18.1 Å². The summed E-state index contributed by atoms with van der Waals surface area (Å²) in [5, 5.41) is 0.474. The zero-order chi connectivity index (χ0) is 10.3. The molecule has 3 rings (SSSR count). The molecule has 0 N–H and O–H groups in total. The predicted molar refractivity (Wildman–Crippen MR) is 58.6 cm³/mol. The lowest BCUT2D eigenvalue weighted by Gasteiger charge is -2.25. The monoisotopic (exact) mass is 223 g/mol. The first kappa shape index (κ1) is 9.55. The van der Waals surface area contributed by atoms with Gasteiger partial charge in [0.2, 0.25) is 0 Å². The maximum atomic E-state index is 5.70. The topological polar surface area (TPSA) is 29.0 Å². The van der Waals surface area contributed by atoms with E-state index in [1.165, 1.54) is 25.8 Å². The highest BCUT2D eigenvalue weighted by molar-refractivity contribution is 6.29. The minimum Gasteiger partial charge on any atom is -0.294 e. The average molecular weight is 224 g/mol. The number of aromatic nitrogens is 2. The Morgan fingerprint density at radius 3 is 2.87 bits per heavy atom. The molecule has 1 aromatic rings. The van der Waals surface area contributed by atoms with E-state index in [-0.39, 0.29) is 0 Å².